The summed E-state index contributed by atoms with van der Waals surface area (Å²) >= 11 is 2.92. The average molecular weight is 214 g/mol. The van der Waals surface area contributed by atoms with Gasteiger partial charge in [0.1, 0.15) is 0 Å². The van der Waals surface area contributed by atoms with Gasteiger partial charge in [0.2, 0.25) is 0 Å². The van der Waals surface area contributed by atoms with Crippen LogP contribution in [0, 0.1) is 11.3 Å². The molecule has 3 heteroatoms. The number of hydrogen-bond acceptors (Lipinski definition) is 3. The molecular formula is C10H14OS2. The predicted molar refractivity (Wildman–Crippen MR) is 58.8 cm³/mol. The molecule has 0 saturated carbocycles. The van der Waals surface area contributed by atoms with Gasteiger partial charge >= 0.3 is 0 Å². The van der Waals surface area contributed by atoms with Gasteiger partial charge in [-0.2, -0.15) is 0 Å². The molecule has 0 fully saturated rings. The highest BCUT2D eigenvalue weighted by Gasteiger charge is 2.32. The standard InChI is InChI=1S/C10H14OS2/c1-10(2,3)6-4-7-8(5-6)13-9(11)12-7/h6H,4-5H2,1-3H3. The van der Waals surface area contributed by atoms with E-state index >= 15 is 0 Å². The van der Waals surface area contributed by atoms with Gasteiger partial charge in [-0.25, -0.2) is 0 Å². The number of fused-ring (bicyclic) bond motifs is 1. The Labute approximate surface area is 86.4 Å². The normalized spacial score (nSPS) is 17.8. The van der Waals surface area contributed by atoms with E-state index in [2.05, 4.69) is 20.8 Å². The van der Waals surface area contributed by atoms with Crippen LogP contribution in [-0.2, 0) is 12.8 Å². The molecule has 1 aliphatic rings. The van der Waals surface area contributed by atoms with E-state index in [9.17, 15) is 4.79 Å². The summed E-state index contributed by atoms with van der Waals surface area (Å²) in [5.74, 6) is 0.741. The summed E-state index contributed by atoms with van der Waals surface area (Å²) in [4.78, 5) is 13.8. The molecule has 1 aromatic rings. The SMILES string of the molecule is CC(C)(C)C1Cc2sc(=O)sc2C1. The van der Waals surface area contributed by atoms with Crippen LogP contribution < -0.4 is 4.06 Å². The largest absolute Gasteiger partial charge is 0.287 e. The van der Waals surface area contributed by atoms with Crippen molar-refractivity contribution in [1.29, 1.82) is 0 Å². The van der Waals surface area contributed by atoms with Crippen LogP contribution in [0.25, 0.3) is 0 Å². The zero-order valence-corrected chi connectivity index (χ0v) is 9.85. The topological polar surface area (TPSA) is 17.1 Å². The smallest absolute Gasteiger partial charge is 0.265 e. The molecule has 0 amide bonds. The molecule has 0 unspecified atom stereocenters. The number of rotatable bonds is 0. The fourth-order valence-electron chi connectivity index (χ4n) is 1.78. The Kier molecular flexibility index (Phi) is 2.11. The maximum Gasteiger partial charge on any atom is 0.287 e. The van der Waals surface area contributed by atoms with Gasteiger partial charge in [-0.3, -0.25) is 4.79 Å². The third kappa shape index (κ3) is 1.72. The van der Waals surface area contributed by atoms with Crippen molar-refractivity contribution < 1.29 is 0 Å². The van der Waals surface area contributed by atoms with Gasteiger partial charge < -0.3 is 0 Å². The first-order valence-electron chi connectivity index (χ1n) is 4.58. The van der Waals surface area contributed by atoms with Crippen LogP contribution in [0.5, 0.6) is 0 Å². The minimum absolute atomic E-state index is 0.275. The van der Waals surface area contributed by atoms with Gasteiger partial charge in [-0.05, 0) is 24.2 Å². The van der Waals surface area contributed by atoms with Crippen molar-refractivity contribution in [2.45, 2.75) is 33.6 Å². The highest BCUT2D eigenvalue weighted by molar-refractivity contribution is 7.27. The van der Waals surface area contributed by atoms with Crippen molar-refractivity contribution in [2.75, 3.05) is 0 Å². The Bertz CT molecular complexity index is 341. The van der Waals surface area contributed by atoms with E-state index in [1.165, 1.54) is 32.4 Å². The highest BCUT2D eigenvalue weighted by atomic mass is 32.2. The summed E-state index contributed by atoms with van der Waals surface area (Å²) in [5, 5.41) is 0. The average Bonchev–Trinajstić information content (AvgIpc) is 2.40. The Hall–Kier alpha value is -0.150. The summed E-state index contributed by atoms with van der Waals surface area (Å²) in [6, 6.07) is 0. The molecule has 0 N–H and O–H groups in total. The number of hydrogen-bond donors (Lipinski definition) is 0. The van der Waals surface area contributed by atoms with Crippen molar-refractivity contribution in [2.24, 2.45) is 11.3 Å². The Morgan fingerprint density at radius 1 is 1.15 bits per heavy atom. The molecule has 1 nitrogen and oxygen atoms in total. The first-order valence-corrected chi connectivity index (χ1v) is 6.22. The summed E-state index contributed by atoms with van der Waals surface area (Å²) in [7, 11) is 0. The van der Waals surface area contributed by atoms with E-state index in [0.717, 1.165) is 18.8 Å². The van der Waals surface area contributed by atoms with Gasteiger partial charge in [-0.15, -0.1) is 0 Å². The van der Waals surface area contributed by atoms with E-state index in [0.29, 0.717) is 5.41 Å². The molecule has 1 aliphatic carbocycles. The maximum absolute atomic E-state index is 11.1. The molecule has 13 heavy (non-hydrogen) atoms. The van der Waals surface area contributed by atoms with Crippen LogP contribution in [0.1, 0.15) is 30.5 Å². The monoisotopic (exact) mass is 214 g/mol. The molecule has 0 aliphatic heterocycles. The van der Waals surface area contributed by atoms with Crippen LogP contribution in [0.3, 0.4) is 0 Å². The molecule has 1 heterocycles. The lowest BCUT2D eigenvalue weighted by Crippen LogP contribution is -2.20. The fourth-order valence-corrected chi connectivity index (χ4v) is 4.16. The summed E-state index contributed by atoms with van der Waals surface area (Å²) in [6.07, 6.45) is 2.25. The van der Waals surface area contributed by atoms with Crippen LogP contribution >= 0.6 is 22.7 Å². The van der Waals surface area contributed by atoms with Crippen LogP contribution in [-0.4, -0.2) is 0 Å². The van der Waals surface area contributed by atoms with Crippen LogP contribution in [0.2, 0.25) is 0 Å². The quantitative estimate of drug-likeness (QED) is 0.649. The molecule has 0 aromatic carbocycles. The van der Waals surface area contributed by atoms with Crippen molar-refractivity contribution in [3.05, 3.63) is 18.6 Å². The maximum atomic E-state index is 11.1. The Morgan fingerprint density at radius 3 is 2.00 bits per heavy atom. The third-order valence-corrected chi connectivity index (χ3v) is 5.09. The zero-order valence-electron chi connectivity index (χ0n) is 8.22. The van der Waals surface area contributed by atoms with E-state index in [1.54, 1.807) is 0 Å². The van der Waals surface area contributed by atoms with Gasteiger partial charge in [-0.1, -0.05) is 43.4 Å². The highest BCUT2D eigenvalue weighted by Crippen LogP contribution is 2.40. The summed E-state index contributed by atoms with van der Waals surface area (Å²) in [5.41, 5.74) is 0.383. The Balaban J connectivity index is 2.24. The van der Waals surface area contributed by atoms with Gasteiger partial charge in [0.25, 0.3) is 4.06 Å². The van der Waals surface area contributed by atoms with E-state index in [4.69, 9.17) is 0 Å². The van der Waals surface area contributed by atoms with Crippen molar-refractivity contribution in [1.82, 2.24) is 0 Å². The molecule has 0 atom stereocenters. The zero-order chi connectivity index (χ0) is 9.64. The summed E-state index contributed by atoms with van der Waals surface area (Å²) < 4.78 is 0.275. The fraction of sp³-hybridized carbons (Fsp3) is 0.700. The van der Waals surface area contributed by atoms with Gasteiger partial charge in [0.05, 0.1) is 0 Å². The molecule has 0 bridgehead atoms. The first-order chi connectivity index (χ1) is 5.97. The van der Waals surface area contributed by atoms with Gasteiger partial charge in [0, 0.05) is 9.75 Å². The van der Waals surface area contributed by atoms with E-state index in [1.807, 2.05) is 0 Å². The second kappa shape index (κ2) is 2.92. The van der Waals surface area contributed by atoms with Crippen LogP contribution in [0.4, 0.5) is 0 Å². The lowest BCUT2D eigenvalue weighted by molar-refractivity contribution is 0.252. The second-order valence-corrected chi connectivity index (χ2v) is 7.17. The lowest BCUT2D eigenvalue weighted by Gasteiger charge is -2.26. The second-order valence-electron chi connectivity index (χ2n) is 4.77. The molecule has 2 rings (SSSR count). The molecule has 72 valence electrons. The minimum Gasteiger partial charge on any atom is -0.265 e. The van der Waals surface area contributed by atoms with E-state index < -0.39 is 0 Å². The van der Waals surface area contributed by atoms with Crippen LogP contribution in [0.15, 0.2) is 4.79 Å². The minimum atomic E-state index is 0.275. The van der Waals surface area contributed by atoms with Crippen molar-refractivity contribution in [3.63, 3.8) is 0 Å². The predicted octanol–water partition coefficient (Wildman–Crippen LogP) is 2.93. The molecular weight excluding hydrogens is 200 g/mol. The summed E-state index contributed by atoms with van der Waals surface area (Å²) in [6.45, 7) is 6.87. The van der Waals surface area contributed by atoms with Crippen molar-refractivity contribution >= 4 is 22.7 Å². The van der Waals surface area contributed by atoms with Gasteiger partial charge in [0.15, 0.2) is 0 Å². The third-order valence-electron chi connectivity index (χ3n) is 2.81. The van der Waals surface area contributed by atoms with Crippen molar-refractivity contribution in [3.8, 4) is 0 Å². The lowest BCUT2D eigenvalue weighted by atomic mass is 9.79. The first kappa shape index (κ1) is 9.41. The Morgan fingerprint density at radius 2 is 1.62 bits per heavy atom. The molecule has 1 aromatic heterocycles. The molecule has 0 spiro atoms. The molecule has 0 saturated heterocycles. The van der Waals surface area contributed by atoms with E-state index in [-0.39, 0.29) is 4.06 Å². The molecule has 0 radical (unpaired) electrons.